The van der Waals surface area contributed by atoms with Crippen LogP contribution in [-0.2, 0) is 13.5 Å². The van der Waals surface area contributed by atoms with Gasteiger partial charge in [-0.2, -0.15) is 5.10 Å². The second-order valence-electron chi connectivity index (χ2n) is 3.64. The van der Waals surface area contributed by atoms with Crippen molar-refractivity contribution in [2.24, 2.45) is 7.05 Å². The molecular weight excluding hydrogens is 219 g/mol. The average Bonchev–Trinajstić information content (AvgIpc) is 2.31. The van der Waals surface area contributed by atoms with E-state index in [2.05, 4.69) is 5.10 Å². The van der Waals surface area contributed by atoms with Gasteiger partial charge in [0.1, 0.15) is 0 Å². The predicted octanol–water partition coefficient (Wildman–Crippen LogP) is 3.33. The van der Waals surface area contributed by atoms with Crippen LogP contribution >= 0.6 is 23.2 Å². The summed E-state index contributed by atoms with van der Waals surface area (Å²) in [6, 6.07) is 0. The minimum Gasteiger partial charge on any atom is -0.271 e. The summed E-state index contributed by atoms with van der Waals surface area (Å²) in [6.45, 7) is 3.94. The molecule has 1 aromatic heterocycles. The van der Waals surface area contributed by atoms with Crippen LogP contribution in [0.3, 0.4) is 0 Å². The Morgan fingerprint density at radius 1 is 1.50 bits per heavy atom. The lowest BCUT2D eigenvalue weighted by Crippen LogP contribution is -2.00. The standard InChI is InChI=1S/C10H16Cl2N2/c1-7(11)5-4-6-9-10(12)8(2)13-14(9)3/h7H,4-6H2,1-3H3. The zero-order valence-electron chi connectivity index (χ0n) is 8.85. The molecule has 80 valence electrons. The molecule has 0 aliphatic carbocycles. The first-order valence-corrected chi connectivity index (χ1v) is 5.66. The van der Waals surface area contributed by atoms with Crippen molar-refractivity contribution in [3.63, 3.8) is 0 Å². The summed E-state index contributed by atoms with van der Waals surface area (Å²) in [5.41, 5.74) is 2.02. The Kier molecular flexibility index (Phi) is 4.27. The van der Waals surface area contributed by atoms with Crippen molar-refractivity contribution < 1.29 is 0 Å². The van der Waals surface area contributed by atoms with Gasteiger partial charge in [0.2, 0.25) is 0 Å². The molecule has 1 heterocycles. The molecule has 0 bridgehead atoms. The molecule has 0 N–H and O–H groups in total. The molecule has 1 rings (SSSR count). The summed E-state index contributed by atoms with van der Waals surface area (Å²) in [5.74, 6) is 0. The third-order valence-corrected chi connectivity index (χ3v) is 2.99. The molecule has 0 aliphatic rings. The lowest BCUT2D eigenvalue weighted by Gasteiger charge is -2.04. The van der Waals surface area contributed by atoms with E-state index in [-0.39, 0.29) is 5.38 Å². The lowest BCUT2D eigenvalue weighted by atomic mass is 10.1. The van der Waals surface area contributed by atoms with Gasteiger partial charge in [-0.25, -0.2) is 0 Å². The molecule has 0 aliphatic heterocycles. The van der Waals surface area contributed by atoms with Crippen molar-refractivity contribution in [1.82, 2.24) is 9.78 Å². The van der Waals surface area contributed by atoms with Gasteiger partial charge in [-0.1, -0.05) is 11.6 Å². The van der Waals surface area contributed by atoms with E-state index in [4.69, 9.17) is 23.2 Å². The molecule has 4 heteroatoms. The van der Waals surface area contributed by atoms with Crippen molar-refractivity contribution in [3.8, 4) is 0 Å². The van der Waals surface area contributed by atoms with E-state index < -0.39 is 0 Å². The van der Waals surface area contributed by atoms with Crippen LogP contribution in [0.5, 0.6) is 0 Å². The van der Waals surface area contributed by atoms with Gasteiger partial charge in [0.25, 0.3) is 0 Å². The van der Waals surface area contributed by atoms with Crippen LogP contribution < -0.4 is 0 Å². The molecule has 0 radical (unpaired) electrons. The van der Waals surface area contributed by atoms with Crippen LogP contribution in [0.1, 0.15) is 31.2 Å². The van der Waals surface area contributed by atoms with Crippen molar-refractivity contribution >= 4 is 23.2 Å². The maximum Gasteiger partial charge on any atom is 0.0846 e. The summed E-state index contributed by atoms with van der Waals surface area (Å²) in [7, 11) is 1.93. The Hall–Kier alpha value is -0.210. The molecule has 0 saturated heterocycles. The first kappa shape index (κ1) is 11.9. The van der Waals surface area contributed by atoms with E-state index in [0.29, 0.717) is 0 Å². The maximum absolute atomic E-state index is 6.11. The summed E-state index contributed by atoms with van der Waals surface area (Å²) in [5, 5.41) is 5.30. The number of hydrogen-bond donors (Lipinski definition) is 0. The number of hydrogen-bond acceptors (Lipinski definition) is 1. The molecule has 14 heavy (non-hydrogen) atoms. The Bertz CT molecular complexity index is 305. The van der Waals surface area contributed by atoms with Crippen LogP contribution in [0.4, 0.5) is 0 Å². The van der Waals surface area contributed by atoms with E-state index >= 15 is 0 Å². The molecule has 0 fully saturated rings. The van der Waals surface area contributed by atoms with Gasteiger partial charge in [0, 0.05) is 12.4 Å². The zero-order chi connectivity index (χ0) is 10.7. The number of aromatic nitrogens is 2. The smallest absolute Gasteiger partial charge is 0.0846 e. The molecule has 0 saturated carbocycles. The lowest BCUT2D eigenvalue weighted by molar-refractivity contribution is 0.653. The van der Waals surface area contributed by atoms with Crippen molar-refractivity contribution in [2.45, 2.75) is 38.5 Å². The quantitative estimate of drug-likeness (QED) is 0.732. The Labute approximate surface area is 95.2 Å². The monoisotopic (exact) mass is 234 g/mol. The summed E-state index contributed by atoms with van der Waals surface area (Å²) < 4.78 is 1.86. The predicted molar refractivity (Wildman–Crippen MR) is 61.2 cm³/mol. The first-order chi connectivity index (χ1) is 6.52. The molecule has 1 aromatic rings. The first-order valence-electron chi connectivity index (χ1n) is 4.84. The fourth-order valence-electron chi connectivity index (χ4n) is 1.50. The number of halogens is 2. The minimum absolute atomic E-state index is 0.239. The van der Waals surface area contributed by atoms with Crippen LogP contribution in [-0.4, -0.2) is 15.2 Å². The highest BCUT2D eigenvalue weighted by atomic mass is 35.5. The molecule has 1 unspecified atom stereocenters. The topological polar surface area (TPSA) is 17.8 Å². The second kappa shape index (κ2) is 5.04. The van der Waals surface area contributed by atoms with Gasteiger partial charge >= 0.3 is 0 Å². The Morgan fingerprint density at radius 3 is 2.57 bits per heavy atom. The fourth-order valence-corrected chi connectivity index (χ4v) is 1.91. The van der Waals surface area contributed by atoms with Crippen LogP contribution in [0, 0.1) is 6.92 Å². The number of nitrogens with zero attached hydrogens (tertiary/aromatic N) is 2. The van der Waals surface area contributed by atoms with Gasteiger partial charge in [0.15, 0.2) is 0 Å². The third kappa shape index (κ3) is 2.89. The fraction of sp³-hybridized carbons (Fsp3) is 0.700. The van der Waals surface area contributed by atoms with Crippen molar-refractivity contribution in [2.75, 3.05) is 0 Å². The van der Waals surface area contributed by atoms with Gasteiger partial charge in [0.05, 0.1) is 16.4 Å². The maximum atomic E-state index is 6.11. The number of rotatable bonds is 4. The van der Waals surface area contributed by atoms with Crippen LogP contribution in [0.25, 0.3) is 0 Å². The highest BCUT2D eigenvalue weighted by Crippen LogP contribution is 2.21. The normalized spacial score (nSPS) is 13.2. The van der Waals surface area contributed by atoms with Gasteiger partial charge < -0.3 is 0 Å². The van der Waals surface area contributed by atoms with E-state index in [1.165, 1.54) is 0 Å². The van der Waals surface area contributed by atoms with Crippen molar-refractivity contribution in [3.05, 3.63) is 16.4 Å². The molecule has 0 spiro atoms. The number of alkyl halides is 1. The zero-order valence-corrected chi connectivity index (χ0v) is 10.4. The largest absolute Gasteiger partial charge is 0.271 e. The third-order valence-electron chi connectivity index (χ3n) is 2.28. The molecule has 1 atom stereocenters. The molecular formula is C10H16Cl2N2. The highest BCUT2D eigenvalue weighted by molar-refractivity contribution is 6.31. The average molecular weight is 235 g/mol. The molecule has 0 aromatic carbocycles. The second-order valence-corrected chi connectivity index (χ2v) is 4.77. The van der Waals surface area contributed by atoms with E-state index in [1.54, 1.807) is 0 Å². The van der Waals surface area contributed by atoms with E-state index in [1.807, 2.05) is 25.6 Å². The van der Waals surface area contributed by atoms with E-state index in [9.17, 15) is 0 Å². The highest BCUT2D eigenvalue weighted by Gasteiger charge is 2.10. The Morgan fingerprint density at radius 2 is 2.14 bits per heavy atom. The van der Waals surface area contributed by atoms with Gasteiger partial charge in [-0.05, 0) is 33.1 Å². The SMILES string of the molecule is Cc1nn(C)c(CCCC(C)Cl)c1Cl. The van der Waals surface area contributed by atoms with Gasteiger partial charge in [-0.3, -0.25) is 4.68 Å². The number of aryl methyl sites for hydroxylation is 2. The summed E-state index contributed by atoms with van der Waals surface area (Å²) in [4.78, 5) is 0. The van der Waals surface area contributed by atoms with E-state index in [0.717, 1.165) is 35.7 Å². The summed E-state index contributed by atoms with van der Waals surface area (Å²) >= 11 is 12.0. The molecule has 2 nitrogen and oxygen atoms in total. The van der Waals surface area contributed by atoms with Crippen LogP contribution in [0.2, 0.25) is 5.02 Å². The Balaban J connectivity index is 2.58. The summed E-state index contributed by atoms with van der Waals surface area (Å²) in [6.07, 6.45) is 3.03. The minimum atomic E-state index is 0.239. The van der Waals surface area contributed by atoms with Crippen molar-refractivity contribution in [1.29, 1.82) is 0 Å². The molecule has 0 amide bonds. The van der Waals surface area contributed by atoms with Crippen LogP contribution in [0.15, 0.2) is 0 Å². The van der Waals surface area contributed by atoms with Gasteiger partial charge in [-0.15, -0.1) is 11.6 Å².